The summed E-state index contributed by atoms with van der Waals surface area (Å²) in [5, 5.41) is 3.29. The minimum absolute atomic E-state index is 0.0743. The van der Waals surface area contributed by atoms with Crippen molar-refractivity contribution in [1.29, 1.82) is 0 Å². The third kappa shape index (κ3) is 3.92. The van der Waals surface area contributed by atoms with Crippen molar-refractivity contribution in [3.63, 3.8) is 0 Å². The topological polar surface area (TPSA) is 46.2 Å². The van der Waals surface area contributed by atoms with Crippen molar-refractivity contribution >= 4 is 50.1 Å². The highest BCUT2D eigenvalue weighted by molar-refractivity contribution is 7.90. The van der Waals surface area contributed by atoms with Crippen molar-refractivity contribution in [2.45, 2.75) is 24.8 Å². The number of benzene rings is 1. The van der Waals surface area contributed by atoms with Crippen LogP contribution in [0.4, 0.5) is 5.69 Å². The lowest BCUT2D eigenvalue weighted by atomic mass is 10.1. The molecule has 0 saturated carbocycles. The third-order valence-electron chi connectivity index (χ3n) is 3.16. The molecule has 1 atom stereocenters. The van der Waals surface area contributed by atoms with E-state index in [1.807, 2.05) is 19.9 Å². The zero-order valence-corrected chi connectivity index (χ0v) is 14.9. The molecule has 0 spiro atoms. The highest BCUT2D eigenvalue weighted by Crippen LogP contribution is 2.36. The standard InChI is InChI=1S/C14H15Cl2NO2S2/c1-8-4-5-10(21(3,18)19)6-12(8)17-9(2)11-7-13(15)20-14(11)16/h4-7,9,17H,1-3H3. The lowest BCUT2D eigenvalue weighted by Gasteiger charge is -2.17. The van der Waals surface area contributed by atoms with E-state index < -0.39 is 9.84 Å². The number of hydrogen-bond donors (Lipinski definition) is 1. The quantitative estimate of drug-likeness (QED) is 0.836. The molecule has 0 aliphatic heterocycles. The van der Waals surface area contributed by atoms with Gasteiger partial charge in [-0.2, -0.15) is 0 Å². The van der Waals surface area contributed by atoms with Gasteiger partial charge in [0.1, 0.15) is 0 Å². The maximum Gasteiger partial charge on any atom is 0.175 e. The highest BCUT2D eigenvalue weighted by atomic mass is 35.5. The molecule has 1 heterocycles. The summed E-state index contributed by atoms with van der Waals surface area (Å²) in [6, 6.07) is 6.78. The fourth-order valence-corrected chi connectivity index (χ4v) is 4.24. The molecule has 0 saturated heterocycles. The minimum Gasteiger partial charge on any atom is -0.378 e. The van der Waals surface area contributed by atoms with Crippen LogP contribution in [0.15, 0.2) is 29.2 Å². The largest absolute Gasteiger partial charge is 0.378 e. The molecular formula is C14H15Cl2NO2S2. The van der Waals surface area contributed by atoms with Crippen molar-refractivity contribution in [3.8, 4) is 0 Å². The molecule has 114 valence electrons. The van der Waals surface area contributed by atoms with Crippen LogP contribution >= 0.6 is 34.5 Å². The minimum atomic E-state index is -3.23. The zero-order valence-electron chi connectivity index (χ0n) is 11.8. The smallest absolute Gasteiger partial charge is 0.175 e. The summed E-state index contributed by atoms with van der Waals surface area (Å²) >= 11 is 13.4. The summed E-state index contributed by atoms with van der Waals surface area (Å²) in [6.45, 7) is 3.88. The van der Waals surface area contributed by atoms with Crippen molar-refractivity contribution in [1.82, 2.24) is 0 Å². The fourth-order valence-electron chi connectivity index (χ4n) is 1.95. The van der Waals surface area contributed by atoms with E-state index in [4.69, 9.17) is 23.2 Å². The van der Waals surface area contributed by atoms with Gasteiger partial charge in [0, 0.05) is 17.5 Å². The molecule has 1 aromatic heterocycles. The lowest BCUT2D eigenvalue weighted by molar-refractivity contribution is 0.602. The van der Waals surface area contributed by atoms with E-state index in [0.717, 1.165) is 16.8 Å². The van der Waals surface area contributed by atoms with Crippen molar-refractivity contribution in [2.75, 3.05) is 11.6 Å². The average Bonchev–Trinajstić information content (AvgIpc) is 2.70. The number of aryl methyl sites for hydroxylation is 1. The molecule has 0 aliphatic rings. The van der Waals surface area contributed by atoms with E-state index >= 15 is 0 Å². The van der Waals surface area contributed by atoms with E-state index in [-0.39, 0.29) is 10.9 Å². The fraction of sp³-hybridized carbons (Fsp3) is 0.286. The number of thiophene rings is 1. The van der Waals surface area contributed by atoms with Crippen LogP contribution in [0, 0.1) is 6.92 Å². The van der Waals surface area contributed by atoms with Gasteiger partial charge in [-0.1, -0.05) is 29.3 Å². The van der Waals surface area contributed by atoms with E-state index in [1.165, 1.54) is 17.6 Å². The molecule has 1 aromatic carbocycles. The van der Waals surface area contributed by atoms with E-state index in [9.17, 15) is 8.42 Å². The van der Waals surface area contributed by atoms with Crippen molar-refractivity contribution in [2.24, 2.45) is 0 Å². The molecule has 21 heavy (non-hydrogen) atoms. The first-order valence-corrected chi connectivity index (χ1v) is 9.67. The third-order valence-corrected chi connectivity index (χ3v) is 5.79. The first-order valence-electron chi connectivity index (χ1n) is 6.20. The summed E-state index contributed by atoms with van der Waals surface area (Å²) in [4.78, 5) is 0.289. The Balaban J connectivity index is 2.33. The number of nitrogens with one attached hydrogen (secondary N) is 1. The Labute approximate surface area is 138 Å². The Morgan fingerprint density at radius 1 is 1.24 bits per heavy atom. The lowest BCUT2D eigenvalue weighted by Crippen LogP contribution is -2.08. The molecule has 1 unspecified atom stereocenters. The summed E-state index contributed by atoms with van der Waals surface area (Å²) < 4.78 is 24.6. The Kier molecular flexibility index (Phi) is 4.88. The van der Waals surface area contributed by atoms with Gasteiger partial charge in [-0.3, -0.25) is 0 Å². The molecule has 2 aromatic rings. The number of rotatable bonds is 4. The van der Waals surface area contributed by atoms with Gasteiger partial charge in [0.05, 0.1) is 19.6 Å². The molecule has 0 amide bonds. The summed E-state index contributed by atoms with van der Waals surface area (Å²) in [5.41, 5.74) is 2.63. The number of sulfone groups is 1. The van der Waals surface area contributed by atoms with Crippen LogP contribution in [0.5, 0.6) is 0 Å². The van der Waals surface area contributed by atoms with Gasteiger partial charge < -0.3 is 5.32 Å². The van der Waals surface area contributed by atoms with Gasteiger partial charge in [-0.25, -0.2) is 8.42 Å². The molecule has 1 N–H and O–H groups in total. The monoisotopic (exact) mass is 363 g/mol. The number of hydrogen-bond acceptors (Lipinski definition) is 4. The number of halogens is 2. The van der Waals surface area contributed by atoms with Crippen LogP contribution < -0.4 is 5.32 Å². The Hall–Kier alpha value is -0.750. The second kappa shape index (κ2) is 6.16. The van der Waals surface area contributed by atoms with E-state index in [2.05, 4.69) is 5.32 Å². The Bertz CT molecular complexity index is 769. The molecule has 3 nitrogen and oxygen atoms in total. The van der Waals surface area contributed by atoms with Crippen LogP contribution in [0.25, 0.3) is 0 Å². The zero-order chi connectivity index (χ0) is 15.8. The molecular weight excluding hydrogens is 349 g/mol. The van der Waals surface area contributed by atoms with Gasteiger partial charge in [0.25, 0.3) is 0 Å². The second-order valence-electron chi connectivity index (χ2n) is 4.89. The Morgan fingerprint density at radius 3 is 2.43 bits per heavy atom. The van der Waals surface area contributed by atoms with E-state index in [0.29, 0.717) is 8.67 Å². The molecule has 2 rings (SSSR count). The maximum absolute atomic E-state index is 11.6. The summed E-state index contributed by atoms with van der Waals surface area (Å²) in [7, 11) is -3.23. The Morgan fingerprint density at radius 2 is 1.90 bits per heavy atom. The van der Waals surface area contributed by atoms with Gasteiger partial charge >= 0.3 is 0 Å². The average molecular weight is 364 g/mol. The maximum atomic E-state index is 11.6. The summed E-state index contributed by atoms with van der Waals surface area (Å²) in [5.74, 6) is 0. The first-order chi connectivity index (χ1) is 9.68. The molecule has 0 aliphatic carbocycles. The van der Waals surface area contributed by atoms with Crippen molar-refractivity contribution in [3.05, 3.63) is 44.1 Å². The normalized spacial score (nSPS) is 13.2. The highest BCUT2D eigenvalue weighted by Gasteiger charge is 2.15. The van der Waals surface area contributed by atoms with Crippen LogP contribution in [-0.2, 0) is 9.84 Å². The van der Waals surface area contributed by atoms with Crippen LogP contribution in [0.3, 0.4) is 0 Å². The molecule has 0 bridgehead atoms. The van der Waals surface area contributed by atoms with Crippen LogP contribution in [0.1, 0.15) is 24.1 Å². The summed E-state index contributed by atoms with van der Waals surface area (Å²) in [6.07, 6.45) is 1.19. The van der Waals surface area contributed by atoms with Gasteiger partial charge in [0.2, 0.25) is 0 Å². The second-order valence-corrected chi connectivity index (χ2v) is 9.20. The van der Waals surface area contributed by atoms with Crippen molar-refractivity contribution < 1.29 is 8.42 Å². The van der Waals surface area contributed by atoms with Gasteiger partial charge in [-0.15, -0.1) is 11.3 Å². The van der Waals surface area contributed by atoms with Crippen LogP contribution in [0.2, 0.25) is 8.67 Å². The van der Waals surface area contributed by atoms with Gasteiger partial charge in [-0.05, 0) is 37.6 Å². The van der Waals surface area contributed by atoms with Gasteiger partial charge in [0.15, 0.2) is 9.84 Å². The van der Waals surface area contributed by atoms with Crippen LogP contribution in [-0.4, -0.2) is 14.7 Å². The van der Waals surface area contributed by atoms with E-state index in [1.54, 1.807) is 18.2 Å². The molecule has 0 fully saturated rings. The predicted molar refractivity (Wildman–Crippen MR) is 90.7 cm³/mol. The SMILES string of the molecule is Cc1ccc(S(C)(=O)=O)cc1NC(C)c1cc(Cl)sc1Cl. The predicted octanol–water partition coefficient (Wildman–Crippen LogP) is 4.94. The first kappa shape index (κ1) is 16.6. The molecule has 7 heteroatoms. The number of anilines is 1. The molecule has 0 radical (unpaired) electrons.